The quantitative estimate of drug-likeness (QED) is 0.506. The van der Waals surface area contributed by atoms with Gasteiger partial charge in [0.2, 0.25) is 0 Å². The SMILES string of the molecule is C/C=C/CC/C=C/CC(C)C(=O)O. The van der Waals surface area contributed by atoms with Gasteiger partial charge in [-0.05, 0) is 26.2 Å². The number of carboxylic acids is 1. The zero-order chi connectivity index (χ0) is 10.1. The third-order valence-electron chi connectivity index (χ3n) is 1.81. The molecule has 0 bridgehead atoms. The highest BCUT2D eigenvalue weighted by Gasteiger charge is 2.06. The van der Waals surface area contributed by atoms with Gasteiger partial charge in [-0.1, -0.05) is 31.2 Å². The Morgan fingerprint density at radius 3 is 2.46 bits per heavy atom. The van der Waals surface area contributed by atoms with Crippen LogP contribution in [-0.2, 0) is 4.79 Å². The van der Waals surface area contributed by atoms with Gasteiger partial charge in [-0.2, -0.15) is 0 Å². The van der Waals surface area contributed by atoms with Crippen LogP contribution in [0.5, 0.6) is 0 Å². The molecule has 0 fully saturated rings. The summed E-state index contributed by atoms with van der Waals surface area (Å²) >= 11 is 0. The summed E-state index contributed by atoms with van der Waals surface area (Å²) in [6, 6.07) is 0. The van der Waals surface area contributed by atoms with E-state index in [1.54, 1.807) is 6.92 Å². The first-order chi connectivity index (χ1) is 6.18. The number of rotatable bonds is 6. The van der Waals surface area contributed by atoms with E-state index in [1.165, 1.54) is 0 Å². The van der Waals surface area contributed by atoms with Gasteiger partial charge in [0.1, 0.15) is 0 Å². The van der Waals surface area contributed by atoms with E-state index in [0.717, 1.165) is 12.8 Å². The third-order valence-corrected chi connectivity index (χ3v) is 1.81. The van der Waals surface area contributed by atoms with E-state index < -0.39 is 5.97 Å². The van der Waals surface area contributed by atoms with Crippen molar-refractivity contribution >= 4 is 5.97 Å². The Hall–Kier alpha value is -1.05. The molecule has 0 aliphatic rings. The fourth-order valence-corrected chi connectivity index (χ4v) is 0.878. The molecule has 0 amide bonds. The smallest absolute Gasteiger partial charge is 0.306 e. The molecule has 2 nitrogen and oxygen atoms in total. The molecule has 1 N–H and O–H groups in total. The van der Waals surface area contributed by atoms with E-state index in [4.69, 9.17) is 5.11 Å². The van der Waals surface area contributed by atoms with Crippen LogP contribution in [0, 0.1) is 5.92 Å². The number of carboxylic acid groups (broad SMARTS) is 1. The van der Waals surface area contributed by atoms with Crippen LogP contribution >= 0.6 is 0 Å². The van der Waals surface area contributed by atoms with Crippen molar-refractivity contribution in [3.05, 3.63) is 24.3 Å². The van der Waals surface area contributed by atoms with Gasteiger partial charge < -0.3 is 5.11 Å². The van der Waals surface area contributed by atoms with Gasteiger partial charge in [0.25, 0.3) is 0 Å². The van der Waals surface area contributed by atoms with Crippen molar-refractivity contribution in [2.75, 3.05) is 0 Å². The summed E-state index contributed by atoms with van der Waals surface area (Å²) in [5.74, 6) is -0.990. The average molecular weight is 182 g/mol. The van der Waals surface area contributed by atoms with Crippen molar-refractivity contribution in [1.29, 1.82) is 0 Å². The summed E-state index contributed by atoms with van der Waals surface area (Å²) < 4.78 is 0. The Morgan fingerprint density at radius 2 is 1.92 bits per heavy atom. The number of unbranched alkanes of at least 4 members (excludes halogenated alkanes) is 1. The van der Waals surface area contributed by atoms with Gasteiger partial charge in [0.15, 0.2) is 0 Å². The Balaban J connectivity index is 3.46. The molecule has 2 heteroatoms. The van der Waals surface area contributed by atoms with Gasteiger partial charge >= 0.3 is 5.97 Å². The Labute approximate surface area is 80.0 Å². The molecule has 0 rings (SSSR count). The molecule has 0 saturated carbocycles. The highest BCUT2D eigenvalue weighted by atomic mass is 16.4. The first-order valence-corrected chi connectivity index (χ1v) is 4.67. The van der Waals surface area contributed by atoms with Crippen molar-refractivity contribution < 1.29 is 9.90 Å². The molecule has 0 aromatic carbocycles. The van der Waals surface area contributed by atoms with Crippen LogP contribution in [0.4, 0.5) is 0 Å². The van der Waals surface area contributed by atoms with Crippen molar-refractivity contribution in [2.45, 2.75) is 33.1 Å². The molecule has 0 spiro atoms. The molecular weight excluding hydrogens is 164 g/mol. The largest absolute Gasteiger partial charge is 0.481 e. The van der Waals surface area contributed by atoms with E-state index >= 15 is 0 Å². The van der Waals surface area contributed by atoms with Crippen LogP contribution in [0.1, 0.15) is 33.1 Å². The zero-order valence-electron chi connectivity index (χ0n) is 8.36. The van der Waals surface area contributed by atoms with Crippen molar-refractivity contribution in [3.8, 4) is 0 Å². The molecule has 13 heavy (non-hydrogen) atoms. The summed E-state index contributed by atoms with van der Waals surface area (Å²) in [5, 5.41) is 8.58. The topological polar surface area (TPSA) is 37.3 Å². The molecule has 0 aromatic rings. The van der Waals surface area contributed by atoms with Gasteiger partial charge in [0, 0.05) is 0 Å². The minimum absolute atomic E-state index is 0.266. The molecule has 0 saturated heterocycles. The summed E-state index contributed by atoms with van der Waals surface area (Å²) in [6.07, 6.45) is 10.8. The molecule has 0 heterocycles. The fraction of sp³-hybridized carbons (Fsp3) is 0.545. The monoisotopic (exact) mass is 182 g/mol. The molecule has 74 valence electrons. The summed E-state index contributed by atoms with van der Waals surface area (Å²) in [7, 11) is 0. The lowest BCUT2D eigenvalue weighted by atomic mass is 10.1. The first kappa shape index (κ1) is 11.9. The van der Waals surface area contributed by atoms with E-state index in [1.807, 2.05) is 25.2 Å². The van der Waals surface area contributed by atoms with Crippen molar-refractivity contribution in [1.82, 2.24) is 0 Å². The van der Waals surface area contributed by atoms with E-state index in [0.29, 0.717) is 6.42 Å². The lowest BCUT2D eigenvalue weighted by Crippen LogP contribution is -2.07. The van der Waals surface area contributed by atoms with Crippen LogP contribution in [0.3, 0.4) is 0 Å². The summed E-state index contributed by atoms with van der Waals surface area (Å²) in [6.45, 7) is 3.72. The Bertz CT molecular complexity index is 192. The lowest BCUT2D eigenvalue weighted by Gasteiger charge is -1.99. The van der Waals surface area contributed by atoms with Crippen LogP contribution in [0.15, 0.2) is 24.3 Å². The summed E-state index contributed by atoms with van der Waals surface area (Å²) in [4.78, 5) is 10.4. The van der Waals surface area contributed by atoms with Gasteiger partial charge in [-0.3, -0.25) is 4.79 Å². The predicted molar refractivity (Wildman–Crippen MR) is 54.6 cm³/mol. The van der Waals surface area contributed by atoms with Gasteiger partial charge in [-0.25, -0.2) is 0 Å². The molecule has 0 radical (unpaired) electrons. The number of hydrogen-bond donors (Lipinski definition) is 1. The number of aliphatic carboxylic acids is 1. The van der Waals surface area contributed by atoms with Crippen LogP contribution in [-0.4, -0.2) is 11.1 Å². The fourth-order valence-electron chi connectivity index (χ4n) is 0.878. The molecule has 0 aliphatic carbocycles. The van der Waals surface area contributed by atoms with Gasteiger partial charge in [0.05, 0.1) is 5.92 Å². The second-order valence-corrected chi connectivity index (χ2v) is 3.09. The minimum Gasteiger partial charge on any atom is -0.481 e. The summed E-state index contributed by atoms with van der Waals surface area (Å²) in [5.41, 5.74) is 0. The second kappa shape index (κ2) is 7.59. The molecule has 1 atom stereocenters. The maximum atomic E-state index is 10.4. The average Bonchev–Trinajstić information content (AvgIpc) is 2.10. The number of carbonyl (C=O) groups is 1. The number of allylic oxidation sites excluding steroid dienone is 4. The normalized spacial score (nSPS) is 14.0. The zero-order valence-corrected chi connectivity index (χ0v) is 8.36. The van der Waals surface area contributed by atoms with Crippen LogP contribution in [0.2, 0.25) is 0 Å². The van der Waals surface area contributed by atoms with E-state index in [-0.39, 0.29) is 5.92 Å². The van der Waals surface area contributed by atoms with E-state index in [2.05, 4.69) is 6.08 Å². The molecule has 1 unspecified atom stereocenters. The first-order valence-electron chi connectivity index (χ1n) is 4.67. The highest BCUT2D eigenvalue weighted by Crippen LogP contribution is 2.03. The maximum absolute atomic E-state index is 10.4. The van der Waals surface area contributed by atoms with Gasteiger partial charge in [-0.15, -0.1) is 0 Å². The highest BCUT2D eigenvalue weighted by molar-refractivity contribution is 5.69. The Morgan fingerprint density at radius 1 is 1.31 bits per heavy atom. The van der Waals surface area contributed by atoms with Crippen LogP contribution < -0.4 is 0 Å². The standard InChI is InChI=1S/C11H18O2/c1-3-4-5-6-7-8-9-10(2)11(12)13/h3-4,7-8,10H,5-6,9H2,1-2H3,(H,12,13)/b4-3+,8-7+. The molecule has 0 aliphatic heterocycles. The predicted octanol–water partition coefficient (Wildman–Crippen LogP) is 3.01. The van der Waals surface area contributed by atoms with Crippen molar-refractivity contribution in [3.63, 3.8) is 0 Å². The maximum Gasteiger partial charge on any atom is 0.306 e. The lowest BCUT2D eigenvalue weighted by molar-refractivity contribution is -0.140. The second-order valence-electron chi connectivity index (χ2n) is 3.09. The third kappa shape index (κ3) is 7.32. The minimum atomic E-state index is -0.724. The molecular formula is C11H18O2. The molecule has 0 aromatic heterocycles. The van der Waals surface area contributed by atoms with Crippen LogP contribution in [0.25, 0.3) is 0 Å². The van der Waals surface area contributed by atoms with E-state index in [9.17, 15) is 4.79 Å². The number of hydrogen-bond acceptors (Lipinski definition) is 1. The van der Waals surface area contributed by atoms with Crippen molar-refractivity contribution in [2.24, 2.45) is 5.92 Å². The Kier molecular flexibility index (Phi) is 6.98.